The zero-order valence-electron chi connectivity index (χ0n) is 17.2. The highest BCUT2D eigenvalue weighted by molar-refractivity contribution is 5.20. The summed E-state index contributed by atoms with van der Waals surface area (Å²) >= 11 is 0. The van der Waals surface area contributed by atoms with E-state index in [1.165, 1.54) is 61.1 Å². The van der Waals surface area contributed by atoms with Crippen molar-refractivity contribution in [1.29, 1.82) is 0 Å². The van der Waals surface area contributed by atoms with Gasteiger partial charge in [-0.2, -0.15) is 0 Å². The summed E-state index contributed by atoms with van der Waals surface area (Å²) in [5, 5.41) is 0. The second-order valence-electron chi connectivity index (χ2n) is 7.68. The summed E-state index contributed by atoms with van der Waals surface area (Å²) in [5.41, 5.74) is 5.15. The van der Waals surface area contributed by atoms with E-state index < -0.39 is 0 Å². The van der Waals surface area contributed by atoms with Crippen molar-refractivity contribution in [3.05, 3.63) is 94.6 Å². The summed E-state index contributed by atoms with van der Waals surface area (Å²) in [5.74, 6) is -0.352. The highest BCUT2D eigenvalue weighted by Crippen LogP contribution is 2.15. The van der Waals surface area contributed by atoms with Crippen molar-refractivity contribution in [3.63, 3.8) is 0 Å². The second kappa shape index (κ2) is 12.3. The van der Waals surface area contributed by atoms with Crippen molar-refractivity contribution in [1.82, 2.24) is 0 Å². The first-order valence-electron chi connectivity index (χ1n) is 10.3. The van der Waals surface area contributed by atoms with Gasteiger partial charge in [-0.25, -0.2) is 8.78 Å². The van der Waals surface area contributed by atoms with Crippen molar-refractivity contribution in [2.75, 3.05) is 0 Å². The summed E-state index contributed by atoms with van der Waals surface area (Å²) < 4.78 is 25.8. The first-order valence-corrected chi connectivity index (χ1v) is 10.3. The Morgan fingerprint density at radius 1 is 0.607 bits per heavy atom. The largest absolute Gasteiger partial charge is 0.207 e. The maximum atomic E-state index is 12.9. The van der Waals surface area contributed by atoms with Gasteiger partial charge in [0, 0.05) is 0 Å². The Bertz CT molecular complexity index is 685. The lowest BCUT2D eigenvalue weighted by Crippen LogP contribution is -1.87. The summed E-state index contributed by atoms with van der Waals surface area (Å²) in [6, 6.07) is 13.5. The third-order valence-electron chi connectivity index (χ3n) is 5.09. The number of unbranched alkanes of at least 4 members (excludes halogenated alkanes) is 3. The molecule has 0 bridgehead atoms. The molecule has 0 aliphatic heterocycles. The molecule has 0 saturated heterocycles. The van der Waals surface area contributed by atoms with Crippen molar-refractivity contribution in [3.8, 4) is 0 Å². The Labute approximate surface area is 169 Å². The van der Waals surface area contributed by atoms with Gasteiger partial charge in [0.2, 0.25) is 0 Å². The Balaban J connectivity index is 1.55. The van der Waals surface area contributed by atoms with E-state index in [1.807, 2.05) is 24.3 Å². The highest BCUT2D eigenvalue weighted by Gasteiger charge is 1.97. The van der Waals surface area contributed by atoms with Gasteiger partial charge in [-0.05, 0) is 87.8 Å². The third-order valence-corrected chi connectivity index (χ3v) is 5.09. The van der Waals surface area contributed by atoms with E-state index in [1.54, 1.807) is 0 Å². The number of allylic oxidation sites excluding steroid dienone is 4. The van der Waals surface area contributed by atoms with Crippen LogP contribution in [0, 0.1) is 11.6 Å². The van der Waals surface area contributed by atoms with Gasteiger partial charge in [0.25, 0.3) is 0 Å². The third kappa shape index (κ3) is 9.12. The molecule has 0 spiro atoms. The fourth-order valence-corrected chi connectivity index (χ4v) is 3.19. The van der Waals surface area contributed by atoms with E-state index in [0.29, 0.717) is 0 Å². The molecule has 2 aromatic rings. The number of rotatable bonds is 11. The SMILES string of the molecule is CC(=CCc1ccc(F)cc1)CCCCCCC(C)=CCc1ccc(F)cc1. The van der Waals surface area contributed by atoms with Crippen LogP contribution in [0.25, 0.3) is 0 Å². The van der Waals surface area contributed by atoms with E-state index in [0.717, 1.165) is 36.8 Å². The van der Waals surface area contributed by atoms with Gasteiger partial charge in [0.15, 0.2) is 0 Å². The van der Waals surface area contributed by atoms with Crippen molar-refractivity contribution in [2.24, 2.45) is 0 Å². The lowest BCUT2D eigenvalue weighted by Gasteiger charge is -2.04. The van der Waals surface area contributed by atoms with Crippen LogP contribution in [0.15, 0.2) is 71.8 Å². The van der Waals surface area contributed by atoms with Crippen LogP contribution in [-0.2, 0) is 12.8 Å². The molecule has 0 fully saturated rings. The molecule has 2 rings (SSSR count). The molecule has 0 radical (unpaired) electrons. The number of benzene rings is 2. The Kier molecular flexibility index (Phi) is 9.68. The topological polar surface area (TPSA) is 0 Å². The van der Waals surface area contributed by atoms with Crippen LogP contribution in [0.1, 0.15) is 63.5 Å². The maximum absolute atomic E-state index is 12.9. The van der Waals surface area contributed by atoms with Crippen molar-refractivity contribution >= 4 is 0 Å². The molecule has 0 amide bonds. The molecule has 0 saturated carbocycles. The van der Waals surface area contributed by atoms with Gasteiger partial charge in [0.1, 0.15) is 11.6 Å². The minimum Gasteiger partial charge on any atom is -0.207 e. The van der Waals surface area contributed by atoms with Crippen molar-refractivity contribution < 1.29 is 8.78 Å². The zero-order valence-corrected chi connectivity index (χ0v) is 17.2. The molecule has 150 valence electrons. The van der Waals surface area contributed by atoms with E-state index in [9.17, 15) is 8.78 Å². The molecule has 2 aromatic carbocycles. The van der Waals surface area contributed by atoms with Crippen LogP contribution in [0.2, 0.25) is 0 Å². The van der Waals surface area contributed by atoms with Gasteiger partial charge in [0.05, 0.1) is 0 Å². The van der Waals surface area contributed by atoms with Gasteiger partial charge in [-0.3, -0.25) is 0 Å². The highest BCUT2D eigenvalue weighted by atomic mass is 19.1. The Morgan fingerprint density at radius 2 is 0.964 bits per heavy atom. The summed E-state index contributed by atoms with van der Waals surface area (Å²) in [4.78, 5) is 0. The first kappa shape index (κ1) is 22.1. The zero-order chi connectivity index (χ0) is 20.2. The number of hydrogen-bond acceptors (Lipinski definition) is 0. The van der Waals surface area contributed by atoms with Gasteiger partial charge in [-0.1, -0.05) is 60.4 Å². The average Bonchev–Trinajstić information content (AvgIpc) is 2.69. The number of hydrogen-bond donors (Lipinski definition) is 0. The quantitative estimate of drug-likeness (QED) is 0.273. The van der Waals surface area contributed by atoms with Gasteiger partial charge in [-0.15, -0.1) is 0 Å². The Morgan fingerprint density at radius 3 is 1.32 bits per heavy atom. The molecule has 0 aromatic heterocycles. The minimum absolute atomic E-state index is 0.176. The van der Waals surface area contributed by atoms with E-state index in [4.69, 9.17) is 0 Å². The molecule has 2 heteroatoms. The van der Waals surface area contributed by atoms with E-state index >= 15 is 0 Å². The van der Waals surface area contributed by atoms with Gasteiger partial charge >= 0.3 is 0 Å². The fraction of sp³-hybridized carbons (Fsp3) is 0.385. The molecule has 0 aliphatic rings. The standard InChI is InChI=1S/C26H32F2/c1-21(9-11-23-13-17-25(27)18-14-23)7-5-3-4-6-8-22(2)10-12-24-15-19-26(28)20-16-24/h9-10,13-20H,3-8,11-12H2,1-2H3. The predicted octanol–water partition coefficient (Wildman–Crippen LogP) is 7.98. The van der Waals surface area contributed by atoms with E-state index in [2.05, 4.69) is 26.0 Å². The molecule has 0 unspecified atom stereocenters. The molecular weight excluding hydrogens is 350 g/mol. The van der Waals surface area contributed by atoms with Crippen LogP contribution in [0.4, 0.5) is 8.78 Å². The van der Waals surface area contributed by atoms with Crippen molar-refractivity contribution in [2.45, 2.75) is 65.2 Å². The smallest absolute Gasteiger partial charge is 0.123 e. The molecule has 0 nitrogen and oxygen atoms in total. The number of halogens is 2. The van der Waals surface area contributed by atoms with Crippen LogP contribution < -0.4 is 0 Å². The lowest BCUT2D eigenvalue weighted by molar-refractivity contribution is 0.626. The molecule has 0 aliphatic carbocycles. The normalized spacial score (nSPS) is 12.4. The van der Waals surface area contributed by atoms with Crippen LogP contribution in [0.5, 0.6) is 0 Å². The monoisotopic (exact) mass is 382 g/mol. The van der Waals surface area contributed by atoms with E-state index in [-0.39, 0.29) is 11.6 Å². The second-order valence-corrected chi connectivity index (χ2v) is 7.68. The molecule has 0 heterocycles. The van der Waals surface area contributed by atoms with Crippen LogP contribution >= 0.6 is 0 Å². The Hall–Kier alpha value is -2.22. The molecule has 28 heavy (non-hydrogen) atoms. The first-order chi connectivity index (χ1) is 13.5. The van der Waals surface area contributed by atoms with Crippen LogP contribution in [0.3, 0.4) is 0 Å². The summed E-state index contributed by atoms with van der Waals surface area (Å²) in [6.07, 6.45) is 13.5. The minimum atomic E-state index is -0.176. The molecule has 0 N–H and O–H groups in total. The lowest BCUT2D eigenvalue weighted by atomic mass is 10.0. The predicted molar refractivity (Wildman–Crippen MR) is 115 cm³/mol. The fourth-order valence-electron chi connectivity index (χ4n) is 3.19. The van der Waals surface area contributed by atoms with Crippen LogP contribution in [-0.4, -0.2) is 0 Å². The molecular formula is C26H32F2. The maximum Gasteiger partial charge on any atom is 0.123 e. The summed E-state index contributed by atoms with van der Waals surface area (Å²) in [6.45, 7) is 4.37. The molecule has 0 atom stereocenters. The average molecular weight is 383 g/mol. The van der Waals surface area contributed by atoms with Gasteiger partial charge < -0.3 is 0 Å². The summed E-state index contributed by atoms with van der Waals surface area (Å²) in [7, 11) is 0.